The zero-order chi connectivity index (χ0) is 12.8. The number of pyridine rings is 1. The monoisotopic (exact) mass is 268 g/mol. The maximum atomic E-state index is 6.09. The molecule has 1 fully saturated rings. The van der Waals surface area contributed by atoms with E-state index in [1.165, 1.54) is 19.3 Å². The molecular weight excluding hydrogens is 248 g/mol. The van der Waals surface area contributed by atoms with Crippen LogP contribution in [0.25, 0.3) is 0 Å². The van der Waals surface area contributed by atoms with Crippen molar-refractivity contribution in [2.45, 2.75) is 39.2 Å². The van der Waals surface area contributed by atoms with Gasteiger partial charge in [-0.15, -0.1) is 0 Å². The van der Waals surface area contributed by atoms with Gasteiger partial charge in [-0.25, -0.2) is 4.98 Å². The summed E-state index contributed by atoms with van der Waals surface area (Å²) in [5.74, 6) is 1.56. The fourth-order valence-electron chi connectivity index (χ4n) is 2.02. The number of nitrogens with one attached hydrogen (secondary N) is 1. The van der Waals surface area contributed by atoms with Crippen LogP contribution in [-0.2, 0) is 6.54 Å². The third kappa shape index (κ3) is 3.85. The number of ether oxygens (including phenoxy) is 1. The van der Waals surface area contributed by atoms with Crippen molar-refractivity contribution in [2.75, 3.05) is 13.2 Å². The van der Waals surface area contributed by atoms with E-state index >= 15 is 0 Å². The van der Waals surface area contributed by atoms with Crippen molar-refractivity contribution in [2.24, 2.45) is 5.92 Å². The van der Waals surface area contributed by atoms with Crippen LogP contribution in [0.1, 0.15) is 38.3 Å². The number of nitrogens with zero attached hydrogens (tertiary/aromatic N) is 1. The molecule has 3 nitrogen and oxygen atoms in total. The number of hydrogen-bond acceptors (Lipinski definition) is 3. The SMILES string of the molecule is CCNCc1nc(OCCC2CCC2)ccc1Cl. The summed E-state index contributed by atoms with van der Waals surface area (Å²) in [7, 11) is 0. The van der Waals surface area contributed by atoms with E-state index in [9.17, 15) is 0 Å². The number of rotatable bonds is 7. The highest BCUT2D eigenvalue weighted by Crippen LogP contribution is 2.29. The Hall–Kier alpha value is -0.800. The molecule has 1 saturated carbocycles. The lowest BCUT2D eigenvalue weighted by atomic mass is 9.83. The largest absolute Gasteiger partial charge is 0.478 e. The average molecular weight is 269 g/mol. The summed E-state index contributed by atoms with van der Waals surface area (Å²) >= 11 is 6.09. The van der Waals surface area contributed by atoms with Crippen molar-refractivity contribution in [3.63, 3.8) is 0 Å². The molecule has 100 valence electrons. The lowest BCUT2D eigenvalue weighted by Gasteiger charge is -2.24. The Balaban J connectivity index is 1.83. The van der Waals surface area contributed by atoms with Gasteiger partial charge in [0.25, 0.3) is 0 Å². The molecule has 0 saturated heterocycles. The number of hydrogen-bond donors (Lipinski definition) is 1. The highest BCUT2D eigenvalue weighted by Gasteiger charge is 2.17. The molecule has 1 aliphatic rings. The average Bonchev–Trinajstić information content (AvgIpc) is 2.32. The van der Waals surface area contributed by atoms with Gasteiger partial charge in [-0.1, -0.05) is 37.8 Å². The van der Waals surface area contributed by atoms with Crippen molar-refractivity contribution < 1.29 is 4.74 Å². The summed E-state index contributed by atoms with van der Waals surface area (Å²) < 4.78 is 5.69. The molecule has 1 heterocycles. The lowest BCUT2D eigenvalue weighted by Crippen LogP contribution is -2.16. The minimum Gasteiger partial charge on any atom is -0.478 e. The first-order valence-corrected chi connectivity index (χ1v) is 7.16. The zero-order valence-electron chi connectivity index (χ0n) is 10.9. The standard InChI is InChI=1S/C14H21ClN2O/c1-2-16-10-13-12(15)6-7-14(17-13)18-9-8-11-4-3-5-11/h6-7,11,16H,2-5,8-10H2,1H3. The number of aromatic nitrogens is 1. The van der Waals surface area contributed by atoms with E-state index in [1.54, 1.807) is 0 Å². The fourth-order valence-corrected chi connectivity index (χ4v) is 2.20. The maximum Gasteiger partial charge on any atom is 0.213 e. The van der Waals surface area contributed by atoms with Crippen molar-refractivity contribution >= 4 is 11.6 Å². The fraction of sp³-hybridized carbons (Fsp3) is 0.643. The van der Waals surface area contributed by atoms with Crippen LogP contribution in [0.2, 0.25) is 5.02 Å². The van der Waals surface area contributed by atoms with E-state index in [-0.39, 0.29) is 0 Å². The minimum absolute atomic E-state index is 0.687. The topological polar surface area (TPSA) is 34.2 Å². The molecule has 1 N–H and O–H groups in total. The Morgan fingerprint density at radius 3 is 2.94 bits per heavy atom. The molecule has 0 aliphatic heterocycles. The first kappa shape index (κ1) is 13.6. The Morgan fingerprint density at radius 2 is 2.28 bits per heavy atom. The smallest absolute Gasteiger partial charge is 0.213 e. The summed E-state index contributed by atoms with van der Waals surface area (Å²) in [6, 6.07) is 3.71. The van der Waals surface area contributed by atoms with E-state index < -0.39 is 0 Å². The molecule has 0 atom stereocenters. The Labute approximate surface area is 114 Å². The van der Waals surface area contributed by atoms with Gasteiger partial charge >= 0.3 is 0 Å². The summed E-state index contributed by atoms with van der Waals surface area (Å²) in [5, 5.41) is 3.92. The molecule has 2 rings (SSSR count). The Morgan fingerprint density at radius 1 is 1.44 bits per heavy atom. The van der Waals surface area contributed by atoms with Gasteiger partial charge in [-0.05, 0) is 24.9 Å². The third-order valence-electron chi connectivity index (χ3n) is 3.44. The molecule has 0 spiro atoms. The van der Waals surface area contributed by atoms with Crippen LogP contribution in [0.4, 0.5) is 0 Å². The van der Waals surface area contributed by atoms with Crippen molar-refractivity contribution in [3.05, 3.63) is 22.8 Å². The Kier molecular flexibility index (Phi) is 5.26. The van der Waals surface area contributed by atoms with Gasteiger partial charge in [0.2, 0.25) is 5.88 Å². The molecule has 0 unspecified atom stereocenters. The van der Waals surface area contributed by atoms with E-state index in [0.717, 1.165) is 31.2 Å². The van der Waals surface area contributed by atoms with E-state index in [4.69, 9.17) is 16.3 Å². The molecule has 18 heavy (non-hydrogen) atoms. The molecule has 0 bridgehead atoms. The van der Waals surface area contributed by atoms with E-state index in [0.29, 0.717) is 17.4 Å². The highest BCUT2D eigenvalue weighted by molar-refractivity contribution is 6.31. The van der Waals surface area contributed by atoms with Crippen LogP contribution in [-0.4, -0.2) is 18.1 Å². The molecule has 1 aromatic rings. The molecule has 0 amide bonds. The van der Waals surface area contributed by atoms with Crippen molar-refractivity contribution in [1.82, 2.24) is 10.3 Å². The normalized spacial score (nSPS) is 15.4. The van der Waals surface area contributed by atoms with Crippen LogP contribution in [0.5, 0.6) is 5.88 Å². The first-order valence-electron chi connectivity index (χ1n) is 6.78. The van der Waals surface area contributed by atoms with E-state index in [2.05, 4.69) is 17.2 Å². The molecule has 1 aliphatic carbocycles. The predicted molar refractivity (Wildman–Crippen MR) is 74.1 cm³/mol. The Bertz CT molecular complexity index is 380. The van der Waals surface area contributed by atoms with Crippen LogP contribution in [0.3, 0.4) is 0 Å². The molecule has 4 heteroatoms. The summed E-state index contributed by atoms with van der Waals surface area (Å²) in [6.07, 6.45) is 5.26. The quantitative estimate of drug-likeness (QED) is 0.823. The summed E-state index contributed by atoms with van der Waals surface area (Å²) in [4.78, 5) is 4.43. The molecule has 0 radical (unpaired) electrons. The second-order valence-electron chi connectivity index (χ2n) is 4.79. The minimum atomic E-state index is 0.687. The number of halogens is 1. The van der Waals surface area contributed by atoms with E-state index in [1.807, 2.05) is 12.1 Å². The lowest BCUT2D eigenvalue weighted by molar-refractivity contribution is 0.217. The van der Waals surface area contributed by atoms with Crippen molar-refractivity contribution in [1.29, 1.82) is 0 Å². The molecular formula is C14H21ClN2O. The first-order chi connectivity index (χ1) is 8.79. The van der Waals surface area contributed by atoms with Crippen LogP contribution in [0.15, 0.2) is 12.1 Å². The van der Waals surface area contributed by atoms with Gasteiger partial charge in [0.1, 0.15) is 0 Å². The van der Waals surface area contributed by atoms with Gasteiger partial charge in [-0.3, -0.25) is 0 Å². The molecule has 0 aromatic carbocycles. The molecule has 1 aromatic heterocycles. The van der Waals surface area contributed by atoms with Gasteiger partial charge in [0.15, 0.2) is 0 Å². The van der Waals surface area contributed by atoms with Gasteiger partial charge in [0.05, 0.1) is 17.3 Å². The summed E-state index contributed by atoms with van der Waals surface area (Å²) in [5.41, 5.74) is 0.861. The van der Waals surface area contributed by atoms with Crippen LogP contribution >= 0.6 is 11.6 Å². The van der Waals surface area contributed by atoms with Crippen LogP contribution in [0, 0.1) is 5.92 Å². The second kappa shape index (κ2) is 6.95. The second-order valence-corrected chi connectivity index (χ2v) is 5.20. The highest BCUT2D eigenvalue weighted by atomic mass is 35.5. The third-order valence-corrected chi connectivity index (χ3v) is 3.78. The van der Waals surface area contributed by atoms with Crippen LogP contribution < -0.4 is 10.1 Å². The summed E-state index contributed by atoms with van der Waals surface area (Å²) in [6.45, 7) is 4.42. The van der Waals surface area contributed by atoms with Gasteiger partial charge < -0.3 is 10.1 Å². The maximum absolute atomic E-state index is 6.09. The zero-order valence-corrected chi connectivity index (χ0v) is 11.7. The van der Waals surface area contributed by atoms with Gasteiger partial charge in [0, 0.05) is 12.6 Å². The predicted octanol–water partition coefficient (Wildman–Crippen LogP) is 3.41. The van der Waals surface area contributed by atoms with Gasteiger partial charge in [-0.2, -0.15) is 0 Å². The van der Waals surface area contributed by atoms with Crippen molar-refractivity contribution in [3.8, 4) is 5.88 Å².